The number of nitrogens with one attached hydrogen (secondary N) is 2. The normalized spacial score (nSPS) is 10.5. The second-order valence-corrected chi connectivity index (χ2v) is 5.90. The van der Waals surface area contributed by atoms with E-state index in [1.165, 1.54) is 4.88 Å². The van der Waals surface area contributed by atoms with Gasteiger partial charge >= 0.3 is 0 Å². The predicted molar refractivity (Wildman–Crippen MR) is 82.5 cm³/mol. The maximum absolute atomic E-state index is 5.90. The summed E-state index contributed by atoms with van der Waals surface area (Å²) in [6.07, 6.45) is 0.941. The zero-order chi connectivity index (χ0) is 13.7. The van der Waals surface area contributed by atoms with Gasteiger partial charge in [-0.15, -0.1) is 11.3 Å². The predicted octanol–water partition coefficient (Wildman–Crippen LogP) is 3.59. The maximum Gasteiger partial charge on any atom is 0.131 e. The lowest BCUT2D eigenvalue weighted by molar-refractivity contribution is 0.989. The van der Waals surface area contributed by atoms with E-state index in [-0.39, 0.29) is 0 Å². The lowest BCUT2D eigenvalue weighted by Gasteiger charge is -2.08. The number of thiophene rings is 1. The quantitative estimate of drug-likeness (QED) is 0.855. The Morgan fingerprint density at radius 1 is 1.21 bits per heavy atom. The van der Waals surface area contributed by atoms with Crippen molar-refractivity contribution in [3.8, 4) is 0 Å². The van der Waals surface area contributed by atoms with Crippen LogP contribution in [0.1, 0.15) is 17.6 Å². The molecule has 0 aliphatic heterocycles. The second kappa shape index (κ2) is 6.73. The highest BCUT2D eigenvalue weighted by Crippen LogP contribution is 2.21. The van der Waals surface area contributed by atoms with Crippen molar-refractivity contribution in [2.45, 2.75) is 20.3 Å². The zero-order valence-electron chi connectivity index (χ0n) is 11.0. The Morgan fingerprint density at radius 2 is 1.95 bits per heavy atom. The monoisotopic (exact) mass is 296 g/mol. The number of anilines is 2. The maximum atomic E-state index is 5.90. The van der Waals surface area contributed by atoms with E-state index in [9.17, 15) is 0 Å². The molecule has 4 nitrogen and oxygen atoms in total. The van der Waals surface area contributed by atoms with Gasteiger partial charge < -0.3 is 10.6 Å². The lowest BCUT2D eigenvalue weighted by atomic mass is 10.3. The summed E-state index contributed by atoms with van der Waals surface area (Å²) in [6, 6.07) is 5.92. The highest BCUT2D eigenvalue weighted by molar-refractivity contribution is 7.16. The molecule has 19 heavy (non-hydrogen) atoms. The molecule has 0 unspecified atom stereocenters. The number of rotatable bonds is 6. The highest BCUT2D eigenvalue weighted by Gasteiger charge is 2.02. The number of hydrogen-bond acceptors (Lipinski definition) is 5. The SMILES string of the molecule is CCNc1cc(NCCc2ccc(Cl)s2)nc(C)n1. The summed E-state index contributed by atoms with van der Waals surface area (Å²) in [5.41, 5.74) is 0. The van der Waals surface area contributed by atoms with E-state index in [1.54, 1.807) is 11.3 Å². The molecule has 0 atom stereocenters. The Bertz CT molecular complexity index is 541. The average molecular weight is 297 g/mol. The third kappa shape index (κ3) is 4.36. The molecule has 6 heteroatoms. The molecule has 0 saturated carbocycles. The molecule has 102 valence electrons. The van der Waals surface area contributed by atoms with Crippen LogP contribution < -0.4 is 10.6 Å². The van der Waals surface area contributed by atoms with E-state index in [1.807, 2.05) is 26.0 Å². The van der Waals surface area contributed by atoms with Crippen LogP contribution >= 0.6 is 22.9 Å². The Hall–Kier alpha value is -1.33. The van der Waals surface area contributed by atoms with Crippen LogP contribution in [0.25, 0.3) is 0 Å². The van der Waals surface area contributed by atoms with Gasteiger partial charge in [0.2, 0.25) is 0 Å². The molecule has 0 aliphatic rings. The van der Waals surface area contributed by atoms with Gasteiger partial charge in [-0.3, -0.25) is 0 Å². The second-order valence-electron chi connectivity index (χ2n) is 4.10. The van der Waals surface area contributed by atoms with E-state index < -0.39 is 0 Å². The van der Waals surface area contributed by atoms with E-state index in [4.69, 9.17) is 11.6 Å². The molecule has 0 aliphatic carbocycles. The Labute approximate surface area is 122 Å². The van der Waals surface area contributed by atoms with Crippen LogP contribution in [0.15, 0.2) is 18.2 Å². The van der Waals surface area contributed by atoms with E-state index in [2.05, 4.69) is 26.7 Å². The molecule has 2 N–H and O–H groups in total. The summed E-state index contributed by atoms with van der Waals surface area (Å²) in [7, 11) is 0. The van der Waals surface area contributed by atoms with Gasteiger partial charge in [0.1, 0.15) is 17.5 Å². The van der Waals surface area contributed by atoms with Crippen LogP contribution in [0, 0.1) is 6.92 Å². The minimum atomic E-state index is 0.764. The van der Waals surface area contributed by atoms with Crippen molar-refractivity contribution >= 4 is 34.6 Å². The van der Waals surface area contributed by atoms with Crippen LogP contribution in [0.4, 0.5) is 11.6 Å². The third-order valence-corrected chi connectivity index (χ3v) is 3.79. The molecule has 2 heterocycles. The van der Waals surface area contributed by atoms with Crippen molar-refractivity contribution in [2.24, 2.45) is 0 Å². The molecule has 2 aromatic rings. The van der Waals surface area contributed by atoms with E-state index in [0.717, 1.165) is 41.3 Å². The topological polar surface area (TPSA) is 49.8 Å². The van der Waals surface area contributed by atoms with Crippen molar-refractivity contribution in [1.82, 2.24) is 9.97 Å². The van der Waals surface area contributed by atoms with Gasteiger partial charge in [-0.2, -0.15) is 0 Å². The van der Waals surface area contributed by atoms with Gasteiger partial charge in [0.25, 0.3) is 0 Å². The molecular formula is C13H17ClN4S. The average Bonchev–Trinajstić information content (AvgIpc) is 2.75. The summed E-state index contributed by atoms with van der Waals surface area (Å²) in [5, 5.41) is 6.51. The van der Waals surface area contributed by atoms with Crippen molar-refractivity contribution in [2.75, 3.05) is 23.7 Å². The van der Waals surface area contributed by atoms with Crippen LogP contribution in [-0.4, -0.2) is 23.1 Å². The molecule has 0 aromatic carbocycles. The fraction of sp³-hybridized carbons (Fsp3) is 0.385. The van der Waals surface area contributed by atoms with Gasteiger partial charge in [-0.1, -0.05) is 11.6 Å². The summed E-state index contributed by atoms with van der Waals surface area (Å²) in [6.45, 7) is 5.62. The first kappa shape index (κ1) is 14.1. The molecule has 0 radical (unpaired) electrons. The van der Waals surface area contributed by atoms with E-state index >= 15 is 0 Å². The van der Waals surface area contributed by atoms with Gasteiger partial charge in [-0.05, 0) is 32.4 Å². The van der Waals surface area contributed by atoms with Crippen LogP contribution in [0.2, 0.25) is 4.34 Å². The summed E-state index contributed by atoms with van der Waals surface area (Å²) in [5.74, 6) is 2.47. The van der Waals surface area contributed by atoms with Crippen molar-refractivity contribution < 1.29 is 0 Å². The number of aromatic nitrogens is 2. The van der Waals surface area contributed by atoms with Gasteiger partial charge in [0, 0.05) is 24.0 Å². The first-order valence-electron chi connectivity index (χ1n) is 6.25. The fourth-order valence-electron chi connectivity index (χ4n) is 1.73. The Balaban J connectivity index is 1.91. The zero-order valence-corrected chi connectivity index (χ0v) is 12.6. The molecule has 0 amide bonds. The molecule has 0 fully saturated rings. The van der Waals surface area contributed by atoms with Crippen LogP contribution in [0.3, 0.4) is 0 Å². The highest BCUT2D eigenvalue weighted by atomic mass is 35.5. The lowest BCUT2D eigenvalue weighted by Crippen LogP contribution is -2.08. The van der Waals surface area contributed by atoms with Crippen LogP contribution in [0.5, 0.6) is 0 Å². The van der Waals surface area contributed by atoms with Crippen molar-refractivity contribution in [3.63, 3.8) is 0 Å². The van der Waals surface area contributed by atoms with Crippen LogP contribution in [-0.2, 0) is 6.42 Å². The third-order valence-electron chi connectivity index (χ3n) is 2.50. The van der Waals surface area contributed by atoms with Gasteiger partial charge in [0.05, 0.1) is 4.34 Å². The summed E-state index contributed by atoms with van der Waals surface area (Å²) in [4.78, 5) is 9.96. The first-order valence-corrected chi connectivity index (χ1v) is 7.44. The minimum absolute atomic E-state index is 0.764. The summed E-state index contributed by atoms with van der Waals surface area (Å²) < 4.78 is 0.835. The van der Waals surface area contributed by atoms with Crippen molar-refractivity contribution in [3.05, 3.63) is 33.2 Å². The molecular weight excluding hydrogens is 280 g/mol. The molecule has 0 bridgehead atoms. The molecule has 2 rings (SSSR count). The molecule has 2 aromatic heterocycles. The molecule has 0 saturated heterocycles. The Kier molecular flexibility index (Phi) is 4.99. The first-order chi connectivity index (χ1) is 9.17. The minimum Gasteiger partial charge on any atom is -0.370 e. The van der Waals surface area contributed by atoms with Crippen molar-refractivity contribution in [1.29, 1.82) is 0 Å². The number of aryl methyl sites for hydroxylation is 1. The smallest absolute Gasteiger partial charge is 0.131 e. The number of halogens is 1. The number of nitrogens with zero attached hydrogens (tertiary/aromatic N) is 2. The largest absolute Gasteiger partial charge is 0.370 e. The van der Waals surface area contributed by atoms with Gasteiger partial charge in [-0.25, -0.2) is 9.97 Å². The fourth-order valence-corrected chi connectivity index (χ4v) is 2.82. The summed E-state index contributed by atoms with van der Waals surface area (Å²) >= 11 is 7.52. The number of hydrogen-bond donors (Lipinski definition) is 2. The molecule has 0 spiro atoms. The van der Waals surface area contributed by atoms with Gasteiger partial charge in [0.15, 0.2) is 0 Å². The standard InChI is InChI=1S/C13H17ClN4S/c1-3-15-12-8-13(18-9(2)17-12)16-7-6-10-4-5-11(14)19-10/h4-5,8H,3,6-7H2,1-2H3,(H2,15,16,17,18). The van der Waals surface area contributed by atoms with E-state index in [0.29, 0.717) is 0 Å². The Morgan fingerprint density at radius 3 is 2.58 bits per heavy atom.